The van der Waals surface area contributed by atoms with Gasteiger partial charge in [-0.3, -0.25) is 9.48 Å². The van der Waals surface area contributed by atoms with Gasteiger partial charge in [-0.05, 0) is 36.5 Å². The fourth-order valence-electron chi connectivity index (χ4n) is 3.13. The fourth-order valence-corrected chi connectivity index (χ4v) is 3.13. The molecule has 0 saturated heterocycles. The Morgan fingerprint density at radius 2 is 2.12 bits per heavy atom. The smallest absolute Gasteiger partial charge is 0.224 e. The lowest BCUT2D eigenvalue weighted by Crippen LogP contribution is -2.41. The summed E-state index contributed by atoms with van der Waals surface area (Å²) in [5.74, 6) is 0.996. The van der Waals surface area contributed by atoms with Crippen molar-refractivity contribution in [3.63, 3.8) is 0 Å². The van der Waals surface area contributed by atoms with Crippen LogP contribution in [0.1, 0.15) is 30.0 Å². The van der Waals surface area contributed by atoms with E-state index in [0.717, 1.165) is 16.9 Å². The summed E-state index contributed by atoms with van der Waals surface area (Å²) in [6, 6.07) is 7.38. The van der Waals surface area contributed by atoms with Gasteiger partial charge in [0.25, 0.3) is 0 Å². The van der Waals surface area contributed by atoms with Crippen molar-refractivity contribution in [2.45, 2.75) is 31.4 Å². The average molecular weight is 329 g/mol. The van der Waals surface area contributed by atoms with Crippen molar-refractivity contribution in [1.82, 2.24) is 15.1 Å². The molecule has 0 radical (unpaired) electrons. The number of amides is 1. The molecule has 0 aliphatic heterocycles. The molecule has 0 bridgehead atoms. The SMILES string of the molecule is COc1ccc(CC(=O)N[C@H](c2cnn(C)c2)C2CC(O)C2)cc1. The molecule has 3 rings (SSSR count). The van der Waals surface area contributed by atoms with Crippen LogP contribution in [0.5, 0.6) is 5.75 Å². The van der Waals surface area contributed by atoms with E-state index in [1.165, 1.54) is 0 Å². The summed E-state index contributed by atoms with van der Waals surface area (Å²) in [5, 5.41) is 16.9. The lowest BCUT2D eigenvalue weighted by atomic mass is 9.75. The summed E-state index contributed by atoms with van der Waals surface area (Å²) in [4.78, 5) is 12.5. The van der Waals surface area contributed by atoms with E-state index < -0.39 is 0 Å². The predicted octanol–water partition coefficient (Wildman–Crippen LogP) is 1.60. The zero-order valence-electron chi connectivity index (χ0n) is 14.0. The van der Waals surface area contributed by atoms with Gasteiger partial charge in [-0.1, -0.05) is 12.1 Å². The Morgan fingerprint density at radius 3 is 2.67 bits per heavy atom. The van der Waals surface area contributed by atoms with Crippen LogP contribution in [0.4, 0.5) is 0 Å². The van der Waals surface area contributed by atoms with E-state index in [0.29, 0.717) is 19.3 Å². The summed E-state index contributed by atoms with van der Waals surface area (Å²) in [7, 11) is 3.47. The molecule has 2 N–H and O–H groups in total. The minimum atomic E-state index is -0.257. The van der Waals surface area contributed by atoms with E-state index in [9.17, 15) is 9.90 Å². The second kappa shape index (κ2) is 7.05. The van der Waals surface area contributed by atoms with Gasteiger partial charge in [0.1, 0.15) is 5.75 Å². The van der Waals surface area contributed by atoms with Crippen LogP contribution in [-0.2, 0) is 18.3 Å². The number of ether oxygens (including phenoxy) is 1. The lowest BCUT2D eigenvalue weighted by Gasteiger charge is -2.37. The Kier molecular flexibility index (Phi) is 4.85. The third kappa shape index (κ3) is 3.76. The van der Waals surface area contributed by atoms with Crippen LogP contribution in [0.25, 0.3) is 0 Å². The molecular formula is C18H23N3O3. The number of benzene rings is 1. The number of aliphatic hydroxyl groups is 1. The Bertz CT molecular complexity index is 690. The number of methoxy groups -OCH3 is 1. The first kappa shape index (κ1) is 16.5. The third-order valence-electron chi connectivity index (χ3n) is 4.55. The monoisotopic (exact) mass is 329 g/mol. The fraction of sp³-hybridized carbons (Fsp3) is 0.444. The largest absolute Gasteiger partial charge is 0.497 e. The number of hydrogen-bond acceptors (Lipinski definition) is 4. The summed E-state index contributed by atoms with van der Waals surface area (Å²) >= 11 is 0. The number of rotatable bonds is 6. The second-order valence-corrected chi connectivity index (χ2v) is 6.40. The molecule has 1 aliphatic rings. The van der Waals surface area contributed by atoms with Gasteiger partial charge in [0.15, 0.2) is 0 Å². The number of aliphatic hydroxyl groups excluding tert-OH is 1. The maximum atomic E-state index is 12.5. The Morgan fingerprint density at radius 1 is 1.42 bits per heavy atom. The molecule has 24 heavy (non-hydrogen) atoms. The topological polar surface area (TPSA) is 76.4 Å². The molecule has 0 spiro atoms. The summed E-state index contributed by atoms with van der Waals surface area (Å²) in [5.41, 5.74) is 1.92. The Balaban J connectivity index is 1.66. The van der Waals surface area contributed by atoms with Crippen LogP contribution < -0.4 is 10.1 Å². The normalized spacial score (nSPS) is 21.0. The van der Waals surface area contributed by atoms with Crippen LogP contribution >= 0.6 is 0 Å². The van der Waals surface area contributed by atoms with Crippen molar-refractivity contribution >= 4 is 5.91 Å². The van der Waals surface area contributed by atoms with Gasteiger partial charge >= 0.3 is 0 Å². The maximum Gasteiger partial charge on any atom is 0.224 e. The Hall–Kier alpha value is -2.34. The summed E-state index contributed by atoms with van der Waals surface area (Å²) in [6.45, 7) is 0. The third-order valence-corrected chi connectivity index (χ3v) is 4.55. The number of nitrogens with one attached hydrogen (secondary N) is 1. The van der Waals surface area contributed by atoms with Crippen LogP contribution in [0, 0.1) is 5.92 Å². The maximum absolute atomic E-state index is 12.5. The van der Waals surface area contributed by atoms with Crippen molar-refractivity contribution in [2.75, 3.05) is 7.11 Å². The first-order chi connectivity index (χ1) is 11.5. The number of nitrogens with zero attached hydrogens (tertiary/aromatic N) is 2. The van der Waals surface area contributed by atoms with Gasteiger partial charge < -0.3 is 15.2 Å². The van der Waals surface area contributed by atoms with Crippen LogP contribution in [0.2, 0.25) is 0 Å². The molecule has 1 atom stereocenters. The minimum Gasteiger partial charge on any atom is -0.497 e. The number of aromatic nitrogens is 2. The molecule has 1 saturated carbocycles. The number of hydrogen-bond donors (Lipinski definition) is 2. The van der Waals surface area contributed by atoms with Crippen LogP contribution in [0.3, 0.4) is 0 Å². The average Bonchev–Trinajstić information content (AvgIpc) is 2.97. The molecule has 6 heteroatoms. The van der Waals surface area contributed by atoms with E-state index in [1.54, 1.807) is 18.0 Å². The number of carbonyl (C=O) groups is 1. The highest BCUT2D eigenvalue weighted by Crippen LogP contribution is 2.38. The van der Waals surface area contributed by atoms with Gasteiger partial charge in [-0.15, -0.1) is 0 Å². The van der Waals surface area contributed by atoms with Gasteiger partial charge in [0.05, 0.1) is 31.9 Å². The molecule has 128 valence electrons. The standard InChI is InChI=1S/C18H23N3O3/c1-21-11-14(10-19-21)18(13-8-15(22)9-13)20-17(23)7-12-3-5-16(24-2)6-4-12/h3-6,10-11,13,15,18,22H,7-9H2,1-2H3,(H,20,23)/t13?,15?,18-/m0/s1. The van der Waals surface area contributed by atoms with E-state index in [-0.39, 0.29) is 24.0 Å². The molecule has 1 aromatic carbocycles. The highest BCUT2D eigenvalue weighted by atomic mass is 16.5. The van der Waals surface area contributed by atoms with E-state index in [2.05, 4.69) is 10.4 Å². The summed E-state index contributed by atoms with van der Waals surface area (Å²) < 4.78 is 6.86. The van der Waals surface area contributed by atoms with Gasteiger partial charge in [-0.25, -0.2) is 0 Å². The number of carbonyl (C=O) groups excluding carboxylic acids is 1. The second-order valence-electron chi connectivity index (χ2n) is 6.40. The first-order valence-corrected chi connectivity index (χ1v) is 8.14. The highest BCUT2D eigenvalue weighted by molar-refractivity contribution is 5.79. The van der Waals surface area contributed by atoms with Gasteiger partial charge in [0, 0.05) is 18.8 Å². The van der Waals surface area contributed by atoms with E-state index in [4.69, 9.17) is 4.74 Å². The van der Waals surface area contributed by atoms with Crippen molar-refractivity contribution in [1.29, 1.82) is 0 Å². The van der Waals surface area contributed by atoms with E-state index in [1.807, 2.05) is 37.5 Å². The molecular weight excluding hydrogens is 306 g/mol. The van der Waals surface area contributed by atoms with Crippen LogP contribution in [0.15, 0.2) is 36.7 Å². The lowest BCUT2D eigenvalue weighted by molar-refractivity contribution is -0.122. The van der Waals surface area contributed by atoms with Crippen molar-refractivity contribution in [2.24, 2.45) is 13.0 Å². The molecule has 2 aromatic rings. The molecule has 1 amide bonds. The van der Waals surface area contributed by atoms with Crippen molar-refractivity contribution < 1.29 is 14.6 Å². The molecule has 6 nitrogen and oxygen atoms in total. The molecule has 0 unspecified atom stereocenters. The van der Waals surface area contributed by atoms with Gasteiger partial charge in [0.2, 0.25) is 5.91 Å². The highest BCUT2D eigenvalue weighted by Gasteiger charge is 2.36. The zero-order valence-corrected chi connectivity index (χ0v) is 14.0. The van der Waals surface area contributed by atoms with Crippen LogP contribution in [-0.4, -0.2) is 34.0 Å². The quantitative estimate of drug-likeness (QED) is 0.844. The minimum absolute atomic E-state index is 0.0320. The van der Waals surface area contributed by atoms with Crippen molar-refractivity contribution in [3.8, 4) is 5.75 Å². The zero-order chi connectivity index (χ0) is 17.1. The number of aryl methyl sites for hydroxylation is 1. The summed E-state index contributed by atoms with van der Waals surface area (Å²) in [6.07, 6.45) is 5.18. The molecule has 1 fully saturated rings. The predicted molar refractivity (Wildman–Crippen MR) is 89.5 cm³/mol. The van der Waals surface area contributed by atoms with Gasteiger partial charge in [-0.2, -0.15) is 5.10 Å². The first-order valence-electron chi connectivity index (χ1n) is 8.14. The molecule has 1 aliphatic carbocycles. The van der Waals surface area contributed by atoms with E-state index >= 15 is 0 Å². The molecule has 1 heterocycles. The Labute approximate surface area is 141 Å². The molecule has 1 aromatic heterocycles. The van der Waals surface area contributed by atoms with Crippen molar-refractivity contribution in [3.05, 3.63) is 47.8 Å².